The second-order valence-electron chi connectivity index (χ2n) is 16.0. The van der Waals surface area contributed by atoms with Gasteiger partial charge in [0.05, 0.1) is 6.04 Å². The van der Waals surface area contributed by atoms with Crippen molar-refractivity contribution in [1.82, 2.24) is 9.55 Å². The minimum absolute atomic E-state index is 0.0219. The van der Waals surface area contributed by atoms with Crippen LogP contribution in [0.2, 0.25) is 10.1 Å². The first kappa shape index (κ1) is 37.4. The number of nitrogens with one attached hydrogen (secondary N) is 1. The highest BCUT2D eigenvalue weighted by molar-refractivity contribution is 7.00. The van der Waals surface area contributed by atoms with Crippen LogP contribution in [0.1, 0.15) is 54.0 Å². The van der Waals surface area contributed by atoms with Gasteiger partial charge in [-0.25, -0.2) is 4.79 Å². The van der Waals surface area contributed by atoms with E-state index in [1.54, 1.807) is 10.8 Å². The van der Waals surface area contributed by atoms with Gasteiger partial charge in [0.25, 0.3) is 22.2 Å². The van der Waals surface area contributed by atoms with Gasteiger partial charge in [0.1, 0.15) is 0 Å². The van der Waals surface area contributed by atoms with E-state index in [0.717, 1.165) is 6.42 Å². The molecule has 0 saturated carbocycles. The topological polar surface area (TPSA) is 73.3 Å². The Labute approximate surface area is 310 Å². The van der Waals surface area contributed by atoms with E-state index in [0.29, 0.717) is 13.2 Å². The molecule has 1 heterocycles. The van der Waals surface area contributed by atoms with Crippen LogP contribution in [0.3, 0.4) is 0 Å². The molecule has 0 unspecified atom stereocenters. The molecule has 3 atom stereocenters. The standard InChI is InChI=1S/C44H52N2O4Si2/c1-43(2,3)51(35-21-11-7-12-22-35,36-23-13-8-14-24-36)49-32-34-20-19-29-40(46-31-30-41(47)45-42(46)48)39(34)33-50-52(44(4,5)6,37-25-15-9-16-26-37)38-27-17-10-18-28-38/h7-19,21-31,34,39-40H,20,32-33H2,1-6H3,(H,45,47,48)/t34-,39-,40-/m1/s1. The van der Waals surface area contributed by atoms with Gasteiger partial charge in [-0.05, 0) is 43.2 Å². The van der Waals surface area contributed by atoms with E-state index < -0.39 is 27.9 Å². The van der Waals surface area contributed by atoms with E-state index in [1.165, 1.54) is 26.8 Å². The zero-order chi connectivity index (χ0) is 37.0. The number of aromatic nitrogens is 2. The van der Waals surface area contributed by atoms with Crippen molar-refractivity contribution in [1.29, 1.82) is 0 Å². The third kappa shape index (κ3) is 7.17. The molecule has 0 saturated heterocycles. The molecule has 0 bridgehead atoms. The summed E-state index contributed by atoms with van der Waals surface area (Å²) in [5, 5.41) is 4.47. The summed E-state index contributed by atoms with van der Waals surface area (Å²) in [7, 11) is -5.76. The fourth-order valence-electron chi connectivity index (χ4n) is 8.35. The molecule has 0 spiro atoms. The van der Waals surface area contributed by atoms with Crippen LogP contribution in [-0.2, 0) is 8.85 Å². The van der Waals surface area contributed by atoms with Gasteiger partial charge < -0.3 is 8.85 Å². The number of rotatable bonds is 11. The maximum Gasteiger partial charge on any atom is 0.328 e. The van der Waals surface area contributed by atoms with Crippen molar-refractivity contribution in [2.75, 3.05) is 13.2 Å². The third-order valence-electron chi connectivity index (χ3n) is 10.8. The predicted molar refractivity (Wildman–Crippen MR) is 218 cm³/mol. The lowest BCUT2D eigenvalue weighted by molar-refractivity contribution is 0.0999. The molecule has 1 aliphatic carbocycles. The van der Waals surface area contributed by atoms with Gasteiger partial charge >= 0.3 is 5.69 Å². The van der Waals surface area contributed by atoms with Gasteiger partial charge in [0.2, 0.25) is 0 Å². The maximum atomic E-state index is 13.4. The molecule has 4 aromatic carbocycles. The summed E-state index contributed by atoms with van der Waals surface area (Å²) in [5.41, 5.74) is -0.834. The first-order chi connectivity index (χ1) is 24.9. The van der Waals surface area contributed by atoms with E-state index in [2.05, 4.69) is 180 Å². The summed E-state index contributed by atoms with van der Waals surface area (Å²) in [4.78, 5) is 28.1. The monoisotopic (exact) mass is 728 g/mol. The summed E-state index contributed by atoms with van der Waals surface area (Å²) >= 11 is 0. The summed E-state index contributed by atoms with van der Waals surface area (Å²) in [6.45, 7) is 14.6. The highest BCUT2D eigenvalue weighted by Gasteiger charge is 2.53. The van der Waals surface area contributed by atoms with Crippen LogP contribution in [0.25, 0.3) is 0 Å². The smallest absolute Gasteiger partial charge is 0.328 e. The fraction of sp³-hybridized carbons (Fsp3) is 0.318. The summed E-state index contributed by atoms with van der Waals surface area (Å²) in [6.07, 6.45) is 6.68. The quantitative estimate of drug-likeness (QED) is 0.126. The van der Waals surface area contributed by atoms with Crippen molar-refractivity contribution in [3.05, 3.63) is 167 Å². The first-order valence-electron chi connectivity index (χ1n) is 18.4. The Balaban J connectivity index is 1.46. The van der Waals surface area contributed by atoms with E-state index in [1.807, 2.05) is 0 Å². The number of hydrogen-bond acceptors (Lipinski definition) is 4. The molecule has 5 aromatic rings. The Kier molecular flexibility index (Phi) is 11.0. The minimum Gasteiger partial charge on any atom is -0.407 e. The highest BCUT2D eigenvalue weighted by Crippen LogP contribution is 2.42. The molecule has 0 amide bonds. The second-order valence-corrected chi connectivity index (χ2v) is 24.7. The molecular weight excluding hydrogens is 677 g/mol. The lowest BCUT2D eigenvalue weighted by atomic mass is 9.80. The van der Waals surface area contributed by atoms with E-state index >= 15 is 0 Å². The number of benzene rings is 4. The lowest BCUT2D eigenvalue weighted by Gasteiger charge is -2.47. The zero-order valence-electron chi connectivity index (χ0n) is 31.3. The molecule has 0 radical (unpaired) electrons. The van der Waals surface area contributed by atoms with Crippen molar-refractivity contribution < 1.29 is 8.85 Å². The average Bonchev–Trinajstić information content (AvgIpc) is 3.13. The molecule has 8 heteroatoms. The van der Waals surface area contributed by atoms with Crippen LogP contribution >= 0.6 is 0 Å². The molecule has 270 valence electrons. The van der Waals surface area contributed by atoms with Gasteiger partial charge in [-0.15, -0.1) is 0 Å². The Hall–Kier alpha value is -4.35. The van der Waals surface area contributed by atoms with E-state index in [4.69, 9.17) is 8.85 Å². The highest BCUT2D eigenvalue weighted by atomic mass is 28.4. The first-order valence-corrected chi connectivity index (χ1v) is 22.2. The van der Waals surface area contributed by atoms with Crippen molar-refractivity contribution >= 4 is 37.4 Å². The van der Waals surface area contributed by atoms with Gasteiger partial charge in [-0.2, -0.15) is 0 Å². The van der Waals surface area contributed by atoms with Crippen LogP contribution < -0.4 is 32.0 Å². The zero-order valence-corrected chi connectivity index (χ0v) is 33.3. The molecule has 6 rings (SSSR count). The third-order valence-corrected chi connectivity index (χ3v) is 20.8. The number of nitrogens with zero attached hydrogens (tertiary/aromatic N) is 1. The number of H-pyrrole nitrogens is 1. The van der Waals surface area contributed by atoms with Gasteiger partial charge in [0.15, 0.2) is 0 Å². The second kappa shape index (κ2) is 15.3. The van der Waals surface area contributed by atoms with Crippen molar-refractivity contribution in [2.45, 2.75) is 64.1 Å². The van der Waals surface area contributed by atoms with Crippen LogP contribution in [0, 0.1) is 11.8 Å². The van der Waals surface area contributed by atoms with Gasteiger partial charge in [-0.3, -0.25) is 14.3 Å². The van der Waals surface area contributed by atoms with Crippen LogP contribution in [0.4, 0.5) is 0 Å². The molecule has 1 aromatic heterocycles. The summed E-state index contributed by atoms with van der Waals surface area (Å²) < 4.78 is 16.8. The van der Waals surface area contributed by atoms with Crippen LogP contribution in [-0.4, -0.2) is 39.4 Å². The predicted octanol–water partition coefficient (Wildman–Crippen LogP) is 6.42. The number of aromatic amines is 1. The summed E-state index contributed by atoms with van der Waals surface area (Å²) in [5.74, 6) is -0.109. The van der Waals surface area contributed by atoms with Crippen molar-refractivity contribution in [3.8, 4) is 0 Å². The average molecular weight is 729 g/mol. The Morgan fingerprint density at radius 1 is 0.615 bits per heavy atom. The SMILES string of the molecule is CC(C)(C)[Si](OC[C@H]1CC=C[C@@H](n2ccc(=O)[nH]c2=O)[C@@H]1CO[Si](c1ccccc1)(c1ccccc1)C(C)(C)C)(c1ccccc1)c1ccccc1. The molecule has 1 N–H and O–H groups in total. The summed E-state index contributed by atoms with van der Waals surface area (Å²) in [6, 6.07) is 43.9. The normalized spacial score (nSPS) is 18.3. The minimum atomic E-state index is -2.91. The Morgan fingerprint density at radius 3 is 1.40 bits per heavy atom. The Bertz CT molecular complexity index is 1970. The molecule has 6 nitrogen and oxygen atoms in total. The van der Waals surface area contributed by atoms with E-state index in [-0.39, 0.29) is 28.0 Å². The molecular formula is C44H52N2O4Si2. The van der Waals surface area contributed by atoms with Gasteiger partial charge in [0, 0.05) is 31.4 Å². The van der Waals surface area contributed by atoms with Crippen LogP contribution in [0.5, 0.6) is 0 Å². The Morgan fingerprint density at radius 2 is 1.02 bits per heavy atom. The van der Waals surface area contributed by atoms with Crippen molar-refractivity contribution in [2.24, 2.45) is 11.8 Å². The molecule has 1 aliphatic rings. The largest absolute Gasteiger partial charge is 0.407 e. The fourth-order valence-corrected chi connectivity index (χ4v) is 17.6. The van der Waals surface area contributed by atoms with Gasteiger partial charge in [-0.1, -0.05) is 175 Å². The van der Waals surface area contributed by atoms with Crippen LogP contribution in [0.15, 0.2) is 155 Å². The number of hydrogen-bond donors (Lipinski definition) is 1. The number of allylic oxidation sites excluding steroid dienone is 2. The maximum absolute atomic E-state index is 13.4. The molecule has 52 heavy (non-hydrogen) atoms. The lowest BCUT2D eigenvalue weighted by Crippen LogP contribution is -2.67. The van der Waals surface area contributed by atoms with E-state index in [9.17, 15) is 9.59 Å². The molecule has 0 aliphatic heterocycles. The van der Waals surface area contributed by atoms with Crippen molar-refractivity contribution in [3.63, 3.8) is 0 Å². The molecule has 0 fully saturated rings.